The Kier molecular flexibility index (Phi) is 6.03. The number of rotatable bonds is 4. The van der Waals surface area contributed by atoms with Crippen LogP contribution in [0.2, 0.25) is 0 Å². The van der Waals surface area contributed by atoms with Gasteiger partial charge < -0.3 is 9.64 Å². The highest BCUT2D eigenvalue weighted by Crippen LogP contribution is 2.36. The number of amides is 1. The number of carbonyl (C=O) groups excluding carboxylic acids is 1. The number of sulfonamides is 1. The largest absolute Gasteiger partial charge is 0.373 e. The first kappa shape index (κ1) is 21.5. The van der Waals surface area contributed by atoms with Gasteiger partial charge in [-0.15, -0.1) is 11.3 Å². The number of nitrogens with zero attached hydrogens (tertiary/aromatic N) is 2. The highest BCUT2D eigenvalue weighted by Gasteiger charge is 2.34. The van der Waals surface area contributed by atoms with Gasteiger partial charge in [0.1, 0.15) is 0 Å². The lowest BCUT2D eigenvalue weighted by molar-refractivity contribution is -0.0440. The normalized spacial score (nSPS) is 25.2. The van der Waals surface area contributed by atoms with Crippen molar-refractivity contribution in [1.29, 1.82) is 0 Å². The third-order valence-corrected chi connectivity index (χ3v) is 8.67. The highest BCUT2D eigenvalue weighted by atomic mass is 32.2. The molecule has 3 heterocycles. The predicted octanol–water partition coefficient (Wildman–Crippen LogP) is 3.70. The van der Waals surface area contributed by atoms with E-state index in [0.29, 0.717) is 25.2 Å². The van der Waals surface area contributed by atoms with E-state index < -0.39 is 10.0 Å². The summed E-state index contributed by atoms with van der Waals surface area (Å²) in [6.45, 7) is 7.11. The number of thiophene rings is 1. The van der Waals surface area contributed by atoms with E-state index in [2.05, 4.69) is 18.4 Å². The summed E-state index contributed by atoms with van der Waals surface area (Å²) in [6, 6.07) is 8.61. The molecule has 0 aliphatic carbocycles. The molecule has 30 heavy (non-hydrogen) atoms. The zero-order valence-electron chi connectivity index (χ0n) is 17.6. The molecule has 1 saturated heterocycles. The molecular weight excluding hydrogens is 420 g/mol. The van der Waals surface area contributed by atoms with Gasteiger partial charge in [0.2, 0.25) is 10.0 Å². The predicted molar refractivity (Wildman–Crippen MR) is 117 cm³/mol. The fraction of sp³-hybridized carbons (Fsp3) is 0.500. The second-order valence-corrected chi connectivity index (χ2v) is 11.0. The Morgan fingerprint density at radius 1 is 1.20 bits per heavy atom. The number of hydrogen-bond acceptors (Lipinski definition) is 5. The van der Waals surface area contributed by atoms with E-state index in [1.807, 2.05) is 18.7 Å². The minimum absolute atomic E-state index is 0.0358. The third-order valence-electron chi connectivity index (χ3n) is 5.85. The Labute approximate surface area is 182 Å². The smallest absolute Gasteiger partial charge is 0.254 e. The Balaban J connectivity index is 1.61. The van der Waals surface area contributed by atoms with Crippen molar-refractivity contribution in [3.63, 3.8) is 0 Å². The van der Waals surface area contributed by atoms with Crippen LogP contribution in [0.1, 0.15) is 54.0 Å². The van der Waals surface area contributed by atoms with Crippen LogP contribution in [0.15, 0.2) is 40.6 Å². The Hall–Kier alpha value is -1.74. The van der Waals surface area contributed by atoms with Crippen molar-refractivity contribution >= 4 is 27.3 Å². The standard InChI is InChI=1S/C22H28N2O4S2/c1-4-20-19-9-11-29-21(19)8-10-24(20)22(25)17-6-5-7-18(12-17)30(26,27)23-13-15(2)28-16(3)14-23/h5-7,9,11-12,15-16,20H,4,8,10,13-14H2,1-3H3. The zero-order valence-corrected chi connectivity index (χ0v) is 19.2. The molecule has 0 saturated carbocycles. The summed E-state index contributed by atoms with van der Waals surface area (Å²) < 4.78 is 33.6. The lowest BCUT2D eigenvalue weighted by atomic mass is 9.97. The summed E-state index contributed by atoms with van der Waals surface area (Å²) in [4.78, 5) is 16.8. The van der Waals surface area contributed by atoms with Crippen molar-refractivity contribution < 1.29 is 17.9 Å². The molecule has 6 nitrogen and oxygen atoms in total. The fourth-order valence-electron chi connectivity index (χ4n) is 4.51. The summed E-state index contributed by atoms with van der Waals surface area (Å²) in [5.74, 6) is -0.112. The van der Waals surface area contributed by atoms with Gasteiger partial charge in [0.05, 0.1) is 23.1 Å². The maximum Gasteiger partial charge on any atom is 0.254 e. The molecule has 0 radical (unpaired) electrons. The molecule has 3 unspecified atom stereocenters. The van der Waals surface area contributed by atoms with Crippen LogP contribution in [-0.2, 0) is 21.2 Å². The van der Waals surface area contributed by atoms with Gasteiger partial charge in [-0.05, 0) is 61.9 Å². The molecule has 1 amide bonds. The SMILES string of the molecule is CCC1c2ccsc2CCN1C(=O)c1cccc(S(=O)(=O)N2CC(C)OC(C)C2)c1. The molecule has 0 bridgehead atoms. The molecule has 4 rings (SSSR count). The number of ether oxygens (including phenoxy) is 1. The van der Waals surface area contributed by atoms with E-state index in [1.165, 1.54) is 20.8 Å². The van der Waals surface area contributed by atoms with Crippen molar-refractivity contribution in [2.24, 2.45) is 0 Å². The third kappa shape index (κ3) is 3.93. The summed E-state index contributed by atoms with van der Waals surface area (Å²) in [5, 5.41) is 2.08. The van der Waals surface area contributed by atoms with Crippen LogP contribution in [0.5, 0.6) is 0 Å². The first-order valence-electron chi connectivity index (χ1n) is 10.4. The minimum Gasteiger partial charge on any atom is -0.373 e. The monoisotopic (exact) mass is 448 g/mol. The average molecular weight is 449 g/mol. The number of morpholine rings is 1. The molecule has 0 spiro atoms. The summed E-state index contributed by atoms with van der Waals surface area (Å²) in [7, 11) is -3.69. The van der Waals surface area contributed by atoms with Gasteiger partial charge >= 0.3 is 0 Å². The highest BCUT2D eigenvalue weighted by molar-refractivity contribution is 7.89. The van der Waals surface area contributed by atoms with Crippen LogP contribution in [0.25, 0.3) is 0 Å². The van der Waals surface area contributed by atoms with E-state index in [9.17, 15) is 13.2 Å². The lowest BCUT2D eigenvalue weighted by Crippen LogP contribution is -2.48. The van der Waals surface area contributed by atoms with Crippen molar-refractivity contribution in [2.75, 3.05) is 19.6 Å². The minimum atomic E-state index is -3.69. The fourth-order valence-corrected chi connectivity index (χ4v) is 7.08. The van der Waals surface area contributed by atoms with Crippen LogP contribution in [0, 0.1) is 0 Å². The van der Waals surface area contributed by atoms with Crippen molar-refractivity contribution in [3.8, 4) is 0 Å². The molecule has 2 aliphatic heterocycles. The maximum atomic E-state index is 13.4. The van der Waals surface area contributed by atoms with Gasteiger partial charge in [-0.1, -0.05) is 13.0 Å². The quantitative estimate of drug-likeness (QED) is 0.715. The van der Waals surface area contributed by atoms with Crippen molar-refractivity contribution in [2.45, 2.75) is 56.8 Å². The first-order valence-corrected chi connectivity index (χ1v) is 12.8. The lowest BCUT2D eigenvalue weighted by Gasteiger charge is -2.36. The summed E-state index contributed by atoms with van der Waals surface area (Å²) in [6.07, 6.45) is 1.35. The van der Waals surface area contributed by atoms with E-state index in [4.69, 9.17) is 4.74 Å². The molecule has 2 aromatic rings. The summed E-state index contributed by atoms with van der Waals surface area (Å²) >= 11 is 1.74. The molecule has 3 atom stereocenters. The second-order valence-electron chi connectivity index (χ2n) is 8.08. The van der Waals surface area contributed by atoms with E-state index in [0.717, 1.165) is 12.8 Å². The number of fused-ring (bicyclic) bond motifs is 1. The van der Waals surface area contributed by atoms with Crippen molar-refractivity contribution in [1.82, 2.24) is 9.21 Å². The van der Waals surface area contributed by atoms with Crippen LogP contribution in [-0.4, -0.2) is 55.4 Å². The molecule has 162 valence electrons. The first-order chi connectivity index (χ1) is 14.3. The van der Waals surface area contributed by atoms with Gasteiger partial charge in [-0.3, -0.25) is 4.79 Å². The Morgan fingerprint density at radius 2 is 1.93 bits per heavy atom. The molecule has 0 N–H and O–H groups in total. The Morgan fingerprint density at radius 3 is 2.63 bits per heavy atom. The van der Waals surface area contributed by atoms with E-state index in [-0.39, 0.29) is 29.1 Å². The van der Waals surface area contributed by atoms with Crippen LogP contribution >= 0.6 is 11.3 Å². The van der Waals surface area contributed by atoms with Gasteiger partial charge in [0.25, 0.3) is 5.91 Å². The number of carbonyl (C=O) groups is 1. The topological polar surface area (TPSA) is 66.9 Å². The average Bonchev–Trinajstić information content (AvgIpc) is 3.20. The molecule has 2 aliphatic rings. The molecular formula is C22H28N2O4S2. The molecule has 8 heteroatoms. The van der Waals surface area contributed by atoms with E-state index in [1.54, 1.807) is 29.5 Å². The van der Waals surface area contributed by atoms with E-state index >= 15 is 0 Å². The van der Waals surface area contributed by atoms with Crippen LogP contribution in [0.4, 0.5) is 0 Å². The zero-order chi connectivity index (χ0) is 21.5. The second kappa shape index (κ2) is 8.42. The Bertz CT molecular complexity index is 1020. The van der Waals surface area contributed by atoms with Gasteiger partial charge in [0.15, 0.2) is 0 Å². The van der Waals surface area contributed by atoms with Gasteiger partial charge in [-0.25, -0.2) is 8.42 Å². The van der Waals surface area contributed by atoms with Crippen molar-refractivity contribution in [3.05, 3.63) is 51.7 Å². The maximum absolute atomic E-state index is 13.4. The summed E-state index contributed by atoms with van der Waals surface area (Å²) in [5.41, 5.74) is 1.64. The van der Waals surface area contributed by atoms with Gasteiger partial charge in [0, 0.05) is 30.1 Å². The molecule has 1 aromatic carbocycles. The molecule has 1 fully saturated rings. The van der Waals surface area contributed by atoms with Crippen LogP contribution in [0.3, 0.4) is 0 Å². The van der Waals surface area contributed by atoms with Gasteiger partial charge in [-0.2, -0.15) is 4.31 Å². The number of hydrogen-bond donors (Lipinski definition) is 0. The van der Waals surface area contributed by atoms with Crippen LogP contribution < -0.4 is 0 Å². The molecule has 1 aromatic heterocycles. The number of benzene rings is 1.